The topological polar surface area (TPSA) is 83.6 Å². The number of fused-ring (bicyclic) bond motifs is 1. The molecule has 2 heterocycles. The zero-order valence-corrected chi connectivity index (χ0v) is 25.4. The first-order chi connectivity index (χ1) is 21.0. The molecule has 9 nitrogen and oxygen atoms in total. The Labute approximate surface area is 254 Å². The van der Waals surface area contributed by atoms with Gasteiger partial charge in [0.25, 0.3) is 5.91 Å². The summed E-state index contributed by atoms with van der Waals surface area (Å²) in [7, 11) is 3.23. The van der Waals surface area contributed by atoms with Crippen molar-refractivity contribution in [1.29, 1.82) is 0 Å². The maximum Gasteiger partial charge on any atom is 0.407 e. The van der Waals surface area contributed by atoms with Gasteiger partial charge in [0.1, 0.15) is 6.61 Å². The molecule has 5 rings (SSSR count). The first-order valence-corrected chi connectivity index (χ1v) is 15.1. The summed E-state index contributed by atoms with van der Waals surface area (Å²) >= 11 is 0. The Morgan fingerprint density at radius 1 is 0.930 bits per heavy atom. The van der Waals surface area contributed by atoms with Gasteiger partial charge in [-0.2, -0.15) is 0 Å². The number of methoxy groups -OCH3 is 2. The first-order valence-electron chi connectivity index (χ1n) is 15.1. The highest BCUT2D eigenvalue weighted by Gasteiger charge is 2.36. The molecule has 0 bridgehead atoms. The number of benzene rings is 3. The van der Waals surface area contributed by atoms with Crippen LogP contribution in [-0.2, 0) is 17.9 Å². The number of carbonyl (C=O) groups is 2. The number of rotatable bonds is 12. The number of piperazine rings is 1. The van der Waals surface area contributed by atoms with Crippen molar-refractivity contribution < 1.29 is 23.8 Å². The van der Waals surface area contributed by atoms with Crippen LogP contribution in [0.25, 0.3) is 0 Å². The van der Waals surface area contributed by atoms with Crippen molar-refractivity contribution >= 4 is 17.7 Å². The van der Waals surface area contributed by atoms with Gasteiger partial charge in [-0.15, -0.1) is 0 Å². The molecule has 1 fully saturated rings. The Balaban J connectivity index is 1.30. The molecular formula is C34H42N4O5. The Hall–Kier alpha value is -4.24. The summed E-state index contributed by atoms with van der Waals surface area (Å²) in [6.07, 6.45) is 0.855. The average Bonchev–Trinajstić information content (AvgIpc) is 3.39. The smallest absolute Gasteiger partial charge is 0.407 e. The van der Waals surface area contributed by atoms with Gasteiger partial charge in [0, 0.05) is 56.1 Å². The molecular weight excluding hydrogens is 544 g/mol. The summed E-state index contributed by atoms with van der Waals surface area (Å²) in [5, 5.41) is 2.86. The molecule has 228 valence electrons. The van der Waals surface area contributed by atoms with E-state index in [1.54, 1.807) is 14.2 Å². The van der Waals surface area contributed by atoms with Gasteiger partial charge in [0.2, 0.25) is 0 Å². The van der Waals surface area contributed by atoms with Crippen LogP contribution in [0.5, 0.6) is 11.5 Å². The van der Waals surface area contributed by atoms with Gasteiger partial charge in [-0.05, 0) is 54.8 Å². The van der Waals surface area contributed by atoms with Gasteiger partial charge in [0.15, 0.2) is 11.5 Å². The summed E-state index contributed by atoms with van der Waals surface area (Å²) in [4.78, 5) is 33.1. The molecule has 2 amide bonds. The van der Waals surface area contributed by atoms with Crippen LogP contribution < -0.4 is 19.7 Å². The number of hydrogen-bond donors (Lipinski definition) is 1. The molecule has 1 saturated heterocycles. The number of anilines is 1. The van der Waals surface area contributed by atoms with E-state index in [-0.39, 0.29) is 18.6 Å². The number of hydrogen-bond acceptors (Lipinski definition) is 7. The lowest BCUT2D eigenvalue weighted by molar-refractivity contribution is 0.0688. The van der Waals surface area contributed by atoms with Gasteiger partial charge in [-0.3, -0.25) is 4.79 Å². The average molecular weight is 587 g/mol. The zero-order valence-electron chi connectivity index (χ0n) is 25.4. The molecule has 0 saturated carbocycles. The maximum atomic E-state index is 13.9. The number of carbonyl (C=O) groups excluding carboxylic acids is 2. The minimum Gasteiger partial charge on any atom is -0.493 e. The highest BCUT2D eigenvalue weighted by molar-refractivity contribution is 6.00. The van der Waals surface area contributed by atoms with Crippen molar-refractivity contribution in [1.82, 2.24) is 15.1 Å². The number of ether oxygens (including phenoxy) is 3. The Bertz CT molecular complexity index is 1390. The molecule has 0 aliphatic carbocycles. The number of nitrogens with one attached hydrogen (secondary N) is 1. The predicted octanol–water partition coefficient (Wildman–Crippen LogP) is 5.25. The molecule has 43 heavy (non-hydrogen) atoms. The van der Waals surface area contributed by atoms with Crippen LogP contribution in [0.2, 0.25) is 0 Å². The van der Waals surface area contributed by atoms with Crippen molar-refractivity contribution in [2.45, 2.75) is 39.0 Å². The second-order valence-corrected chi connectivity index (χ2v) is 10.9. The van der Waals surface area contributed by atoms with Gasteiger partial charge in [0.05, 0.1) is 20.3 Å². The van der Waals surface area contributed by atoms with Gasteiger partial charge < -0.3 is 34.2 Å². The van der Waals surface area contributed by atoms with Crippen LogP contribution in [0.15, 0.2) is 66.7 Å². The Morgan fingerprint density at radius 2 is 1.70 bits per heavy atom. The molecule has 0 radical (unpaired) electrons. The van der Waals surface area contributed by atoms with Crippen molar-refractivity contribution in [3.8, 4) is 11.5 Å². The number of likely N-dealkylation sites (N-methyl/N-ethyl adjacent to an activating group) is 1. The highest BCUT2D eigenvalue weighted by Crippen LogP contribution is 2.40. The molecule has 9 heteroatoms. The lowest BCUT2D eigenvalue weighted by atomic mass is 9.99. The molecule has 1 atom stereocenters. The van der Waals surface area contributed by atoms with Gasteiger partial charge in [-0.1, -0.05) is 49.4 Å². The number of alkyl carbamates (subject to hydrolysis) is 1. The Kier molecular flexibility index (Phi) is 10.0. The molecule has 2 aliphatic rings. The molecule has 0 unspecified atom stereocenters. The van der Waals surface area contributed by atoms with E-state index in [0.29, 0.717) is 37.4 Å². The number of amides is 2. The zero-order chi connectivity index (χ0) is 30.2. The highest BCUT2D eigenvalue weighted by atomic mass is 16.5. The van der Waals surface area contributed by atoms with E-state index in [1.807, 2.05) is 65.6 Å². The Morgan fingerprint density at radius 3 is 2.42 bits per heavy atom. The lowest BCUT2D eigenvalue weighted by Crippen LogP contribution is -2.46. The molecule has 0 aromatic heterocycles. The van der Waals surface area contributed by atoms with Crippen LogP contribution >= 0.6 is 0 Å². The fourth-order valence-electron chi connectivity index (χ4n) is 6.01. The van der Waals surface area contributed by atoms with Gasteiger partial charge in [-0.25, -0.2) is 4.79 Å². The second kappa shape index (κ2) is 14.3. The molecule has 3 aromatic rings. The predicted molar refractivity (Wildman–Crippen MR) is 167 cm³/mol. The molecule has 0 spiro atoms. The van der Waals surface area contributed by atoms with Crippen LogP contribution in [0.3, 0.4) is 0 Å². The first kappa shape index (κ1) is 30.2. The summed E-state index contributed by atoms with van der Waals surface area (Å²) in [5.74, 6) is 1.28. The van der Waals surface area contributed by atoms with E-state index in [2.05, 4.69) is 28.1 Å². The lowest BCUT2D eigenvalue weighted by Gasteiger charge is -2.36. The third kappa shape index (κ3) is 7.05. The van der Waals surface area contributed by atoms with Crippen molar-refractivity contribution in [3.63, 3.8) is 0 Å². The van der Waals surface area contributed by atoms with Crippen molar-refractivity contribution in [2.75, 3.05) is 58.4 Å². The van der Waals surface area contributed by atoms with Crippen LogP contribution in [-0.4, -0.2) is 75.3 Å². The standard InChI is InChI=1S/C34H42N4O5/c1-4-36-18-20-37(21-19-36)30-13-8-12-27-28(30)23-38(33(27)39)29(26-15-16-31(41-2)32(22-26)42-3)14-9-17-35-34(40)43-24-25-10-6-5-7-11-25/h5-8,10-13,15-16,22,29H,4,9,14,17-21,23-24H2,1-3H3,(H,35,40)/t29-/m1/s1. The fourth-order valence-corrected chi connectivity index (χ4v) is 6.01. The summed E-state index contributed by atoms with van der Waals surface area (Å²) in [6.45, 7) is 8.37. The quantitative estimate of drug-likeness (QED) is 0.290. The third-order valence-electron chi connectivity index (χ3n) is 8.44. The summed E-state index contributed by atoms with van der Waals surface area (Å²) in [6, 6.07) is 21.3. The minimum absolute atomic E-state index is 0.0269. The number of nitrogens with zero attached hydrogens (tertiary/aromatic N) is 3. The van der Waals surface area contributed by atoms with Crippen molar-refractivity contribution in [3.05, 3.63) is 89.0 Å². The maximum absolute atomic E-state index is 13.9. The van der Waals surface area contributed by atoms with E-state index in [9.17, 15) is 9.59 Å². The van der Waals surface area contributed by atoms with Crippen molar-refractivity contribution in [2.24, 2.45) is 0 Å². The molecule has 3 aromatic carbocycles. The van der Waals surface area contributed by atoms with E-state index < -0.39 is 6.09 Å². The van der Waals surface area contributed by atoms with E-state index in [1.165, 1.54) is 0 Å². The summed E-state index contributed by atoms with van der Waals surface area (Å²) < 4.78 is 16.4. The van der Waals surface area contributed by atoms with Crippen LogP contribution in [0.4, 0.5) is 10.5 Å². The third-order valence-corrected chi connectivity index (χ3v) is 8.44. The summed E-state index contributed by atoms with van der Waals surface area (Å²) in [5.41, 5.74) is 4.90. The van der Waals surface area contributed by atoms with E-state index in [4.69, 9.17) is 14.2 Å². The molecule has 2 aliphatic heterocycles. The monoisotopic (exact) mass is 586 g/mol. The van der Waals surface area contributed by atoms with E-state index >= 15 is 0 Å². The van der Waals surface area contributed by atoms with Crippen LogP contribution in [0, 0.1) is 0 Å². The second-order valence-electron chi connectivity index (χ2n) is 10.9. The van der Waals surface area contributed by atoms with Crippen LogP contribution in [0.1, 0.15) is 52.9 Å². The minimum atomic E-state index is -0.455. The largest absolute Gasteiger partial charge is 0.493 e. The van der Waals surface area contributed by atoms with Gasteiger partial charge >= 0.3 is 6.09 Å². The normalized spacial score (nSPS) is 15.7. The fraction of sp³-hybridized carbons (Fsp3) is 0.412. The molecule has 1 N–H and O–H groups in total. The van der Waals surface area contributed by atoms with E-state index in [0.717, 1.165) is 60.7 Å². The SMILES string of the molecule is CCN1CCN(c2cccc3c2CN([C@H](CCCNC(=O)OCc2ccccc2)c2ccc(OC)c(OC)c2)C3=O)CC1.